The Bertz CT molecular complexity index is 706. The van der Waals surface area contributed by atoms with Gasteiger partial charge in [-0.1, -0.05) is 14.9 Å². The lowest BCUT2D eigenvalue weighted by molar-refractivity contribution is -0.117. The van der Waals surface area contributed by atoms with Gasteiger partial charge in [0, 0.05) is 51.3 Å². The van der Waals surface area contributed by atoms with Crippen molar-refractivity contribution in [3.05, 3.63) is 23.2 Å². The number of Topliss-reactive ketones (excluding diaryl/α,β-unsaturated/α-hetero) is 1. The molecule has 4 rings (SSSR count). The van der Waals surface area contributed by atoms with Gasteiger partial charge in [-0.25, -0.2) is 0 Å². The lowest BCUT2D eigenvalue weighted by Crippen LogP contribution is -2.29. The van der Waals surface area contributed by atoms with Crippen LogP contribution in [0.1, 0.15) is 0 Å². The Morgan fingerprint density at radius 3 is 1.79 bits per heavy atom. The smallest absolute Gasteiger partial charge is 0.365 e. The molecule has 1 atom stereocenters. The van der Waals surface area contributed by atoms with Crippen LogP contribution in [0.5, 0.6) is 0 Å². The second-order valence-electron chi connectivity index (χ2n) is 5.65. The van der Waals surface area contributed by atoms with Crippen molar-refractivity contribution in [1.82, 2.24) is 14.7 Å². The molecular formula is C15H15F3N3O2P. The van der Waals surface area contributed by atoms with E-state index in [2.05, 4.69) is 0 Å². The summed E-state index contributed by atoms with van der Waals surface area (Å²) in [5, 5.41) is 0. The number of rotatable bonds is 3. The van der Waals surface area contributed by atoms with Crippen molar-refractivity contribution >= 4 is 20.8 Å². The van der Waals surface area contributed by atoms with E-state index in [0.29, 0.717) is 17.1 Å². The van der Waals surface area contributed by atoms with Gasteiger partial charge in [0.05, 0.1) is 5.70 Å². The van der Waals surface area contributed by atoms with E-state index in [9.17, 15) is 22.8 Å². The van der Waals surface area contributed by atoms with Crippen LogP contribution in [-0.4, -0.2) is 71.7 Å². The number of allylic oxidation sites excluding steroid dienone is 1. The van der Waals surface area contributed by atoms with Gasteiger partial charge in [-0.2, -0.15) is 13.2 Å². The summed E-state index contributed by atoms with van der Waals surface area (Å²) >= 11 is 0. The zero-order valence-corrected chi connectivity index (χ0v) is 13.8. The third kappa shape index (κ3) is 3.90. The first kappa shape index (κ1) is 16.8. The maximum Gasteiger partial charge on any atom is 0.457 e. The molecule has 0 spiro atoms. The molecule has 0 bridgehead atoms. The van der Waals surface area contributed by atoms with Crippen molar-refractivity contribution in [3.8, 4) is 11.6 Å². The molecule has 24 heavy (non-hydrogen) atoms. The minimum Gasteiger partial charge on any atom is -0.365 e. The molecule has 1 aliphatic carbocycles. The van der Waals surface area contributed by atoms with Crippen LogP contribution in [0.25, 0.3) is 0 Å². The molecule has 9 heteroatoms. The Hall–Kier alpha value is -2.00. The van der Waals surface area contributed by atoms with E-state index in [0.717, 1.165) is 45.2 Å². The quantitative estimate of drug-likeness (QED) is 0.320. The summed E-state index contributed by atoms with van der Waals surface area (Å²) in [6.07, 6.45) is -2.81. The van der Waals surface area contributed by atoms with Crippen LogP contribution >= 0.6 is 9.24 Å². The zero-order chi connectivity index (χ0) is 17.5. The Labute approximate surface area is 139 Å². The van der Waals surface area contributed by atoms with Gasteiger partial charge in [0.2, 0.25) is 11.6 Å². The van der Waals surface area contributed by atoms with E-state index in [1.54, 1.807) is 14.9 Å². The van der Waals surface area contributed by atoms with Crippen molar-refractivity contribution < 1.29 is 22.8 Å². The lowest BCUT2D eigenvalue weighted by atomic mass is 10.0. The number of halogens is 3. The van der Waals surface area contributed by atoms with Gasteiger partial charge in [-0.15, -0.1) is 0 Å². The minimum absolute atomic E-state index is 0.00546. The number of hydrogen-bond donors (Lipinski definition) is 0. The molecule has 0 aromatic heterocycles. The molecule has 3 heterocycles. The molecular weight excluding hydrogens is 342 g/mol. The minimum atomic E-state index is -4.33. The van der Waals surface area contributed by atoms with E-state index in [1.165, 1.54) is 6.08 Å². The summed E-state index contributed by atoms with van der Waals surface area (Å²) in [5.41, 5.74) is 3.54. The van der Waals surface area contributed by atoms with Crippen LogP contribution in [0.4, 0.5) is 13.2 Å². The molecule has 5 nitrogen and oxygen atoms in total. The van der Waals surface area contributed by atoms with Crippen molar-refractivity contribution in [2.24, 2.45) is 0 Å². The van der Waals surface area contributed by atoms with Gasteiger partial charge in [0.1, 0.15) is 11.4 Å². The normalized spacial score (nSPS) is 21.7. The van der Waals surface area contributed by atoms with Gasteiger partial charge < -0.3 is 14.7 Å². The molecule has 4 aliphatic rings. The number of ketones is 2. The summed E-state index contributed by atoms with van der Waals surface area (Å²) in [6.45, 7) is 5.41. The van der Waals surface area contributed by atoms with Crippen molar-refractivity contribution in [2.45, 2.75) is 6.18 Å². The Morgan fingerprint density at radius 2 is 1.42 bits per heavy atom. The van der Waals surface area contributed by atoms with Crippen LogP contribution in [0.2, 0.25) is 0 Å². The number of carbonyl (C=O) groups excluding carboxylic acids is 2. The SMILES string of the molecule is FC(F)(F)C#CP.O=C1C=C(N2CC2)C(=O)C(N2CC2)=C1N1CC1. The van der Waals surface area contributed by atoms with E-state index in [-0.39, 0.29) is 11.6 Å². The second-order valence-corrected chi connectivity index (χ2v) is 5.94. The molecule has 0 aromatic carbocycles. The molecule has 3 saturated heterocycles. The lowest BCUT2D eigenvalue weighted by Gasteiger charge is -2.21. The Balaban J connectivity index is 0.000000209. The summed E-state index contributed by atoms with van der Waals surface area (Å²) in [4.78, 5) is 30.5. The van der Waals surface area contributed by atoms with Gasteiger partial charge in [-0.3, -0.25) is 9.59 Å². The largest absolute Gasteiger partial charge is 0.457 e. The van der Waals surface area contributed by atoms with E-state index in [4.69, 9.17) is 0 Å². The Morgan fingerprint density at radius 1 is 0.917 bits per heavy atom. The van der Waals surface area contributed by atoms with Crippen molar-refractivity contribution in [2.75, 3.05) is 39.3 Å². The first-order chi connectivity index (χ1) is 11.3. The molecule has 0 N–H and O–H groups in total. The van der Waals surface area contributed by atoms with Crippen LogP contribution < -0.4 is 0 Å². The highest BCUT2D eigenvalue weighted by atomic mass is 31.0. The van der Waals surface area contributed by atoms with Gasteiger partial charge >= 0.3 is 6.18 Å². The van der Waals surface area contributed by atoms with Crippen LogP contribution in [-0.2, 0) is 9.59 Å². The molecule has 0 aromatic rings. The average molecular weight is 357 g/mol. The highest BCUT2D eigenvalue weighted by Gasteiger charge is 2.43. The van der Waals surface area contributed by atoms with Crippen LogP contribution in [0, 0.1) is 11.6 Å². The molecule has 3 aliphatic heterocycles. The summed E-state index contributed by atoms with van der Waals surface area (Å²) in [7, 11) is 1.66. The van der Waals surface area contributed by atoms with E-state index in [1.807, 2.05) is 14.7 Å². The predicted octanol–water partition coefficient (Wildman–Crippen LogP) is 0.565. The summed E-state index contributed by atoms with van der Waals surface area (Å²) in [6, 6.07) is 0. The van der Waals surface area contributed by atoms with Gasteiger partial charge in [0.15, 0.2) is 0 Å². The van der Waals surface area contributed by atoms with Gasteiger partial charge in [0.25, 0.3) is 0 Å². The fourth-order valence-electron chi connectivity index (χ4n) is 2.36. The second kappa shape index (κ2) is 6.14. The fraction of sp³-hybridized carbons (Fsp3) is 0.467. The Kier molecular flexibility index (Phi) is 4.31. The fourth-order valence-corrected chi connectivity index (χ4v) is 2.52. The maximum absolute atomic E-state index is 12.4. The van der Waals surface area contributed by atoms with Crippen molar-refractivity contribution in [1.29, 1.82) is 0 Å². The summed E-state index contributed by atoms with van der Waals surface area (Å²) < 4.78 is 32.6. The van der Waals surface area contributed by atoms with E-state index < -0.39 is 6.18 Å². The number of alkyl halides is 3. The average Bonchev–Trinajstić information content (AvgIpc) is 3.36. The summed E-state index contributed by atoms with van der Waals surface area (Å²) in [5.74, 6) is 1.05. The highest BCUT2D eigenvalue weighted by molar-refractivity contribution is 7.23. The molecule has 3 fully saturated rings. The van der Waals surface area contributed by atoms with E-state index >= 15 is 0 Å². The third-order valence-corrected chi connectivity index (χ3v) is 3.85. The maximum atomic E-state index is 12.4. The number of nitrogens with zero attached hydrogens (tertiary/aromatic N) is 3. The van der Waals surface area contributed by atoms with Crippen LogP contribution in [0.3, 0.4) is 0 Å². The standard InChI is InChI=1S/C12H13N3O2.C3H2F3P/c16-9-7-8(13-1-2-13)12(17)11(15-5-6-15)10(9)14-3-4-14;4-3(5,6)1-2-7/h7H,1-6H2;7H2. The first-order valence-corrected chi connectivity index (χ1v) is 7.99. The predicted molar refractivity (Wildman–Crippen MR) is 83.4 cm³/mol. The molecule has 0 radical (unpaired) electrons. The number of hydrogen-bond acceptors (Lipinski definition) is 5. The molecule has 1 unspecified atom stereocenters. The van der Waals surface area contributed by atoms with Crippen LogP contribution in [0.15, 0.2) is 23.2 Å². The number of carbonyl (C=O) groups is 2. The topological polar surface area (TPSA) is 43.2 Å². The monoisotopic (exact) mass is 357 g/mol. The zero-order valence-electron chi connectivity index (χ0n) is 12.7. The van der Waals surface area contributed by atoms with Gasteiger partial charge in [-0.05, 0) is 0 Å². The molecule has 0 amide bonds. The van der Waals surface area contributed by atoms with Crippen molar-refractivity contribution in [3.63, 3.8) is 0 Å². The molecule has 0 saturated carbocycles. The first-order valence-electron chi connectivity index (χ1n) is 7.41. The highest BCUT2D eigenvalue weighted by Crippen LogP contribution is 2.33. The molecule has 128 valence electrons. The third-order valence-electron chi connectivity index (χ3n) is 3.70.